The molecule has 2 aliphatic rings. The molecule has 2 aromatic heterocycles. The molecule has 250 valence electrons. The molecule has 0 spiro atoms. The molecule has 46 heavy (non-hydrogen) atoms. The Bertz CT molecular complexity index is 1810. The van der Waals surface area contributed by atoms with E-state index in [1.54, 1.807) is 18.2 Å². The minimum Gasteiger partial charge on any atom is -0.448 e. The normalized spacial score (nSPS) is 33.7. The quantitative estimate of drug-likeness (QED) is 0.218. The summed E-state index contributed by atoms with van der Waals surface area (Å²) in [5, 5.41) is 18.7. The number of ether oxygens (including phenoxy) is 3. The van der Waals surface area contributed by atoms with Gasteiger partial charge in [0, 0.05) is 30.9 Å². The number of nitrogens with one attached hydrogen (secondary N) is 2. The predicted molar refractivity (Wildman–Crippen MR) is 149 cm³/mol. The number of aromatic amines is 2. The number of aliphatic hydroxyl groups is 2. The van der Waals surface area contributed by atoms with Crippen LogP contribution < -0.4 is 22.5 Å². The second kappa shape index (κ2) is 12.4. The van der Waals surface area contributed by atoms with Crippen molar-refractivity contribution in [1.29, 1.82) is 0 Å². The van der Waals surface area contributed by atoms with Gasteiger partial charge in [0.05, 0.1) is 5.56 Å². The lowest BCUT2D eigenvalue weighted by Crippen LogP contribution is -2.49. The van der Waals surface area contributed by atoms with Crippen molar-refractivity contribution in [3.05, 3.63) is 102 Å². The lowest BCUT2D eigenvalue weighted by Gasteiger charge is -2.31. The van der Waals surface area contributed by atoms with Crippen molar-refractivity contribution in [2.45, 2.75) is 74.9 Å². The number of carbonyl (C=O) groups excluding carboxylic acids is 1. The van der Waals surface area contributed by atoms with E-state index in [-0.39, 0.29) is 12.0 Å². The Labute approximate surface area is 255 Å². The second-order valence-electron chi connectivity index (χ2n) is 10.9. The maximum absolute atomic E-state index is 15.1. The first kappa shape index (κ1) is 34.5. The summed E-state index contributed by atoms with van der Waals surface area (Å²) in [6.45, 7) is 2.12. The SMILES string of the molecule is CC[C@@]1(F)O[C@@H](n2ccc(=O)[nH]c2=O)[C@](C)(OC(=O)c2ccccc2)[C@@H]1F.C[C@]1(O)[C@H](n2ccc(=O)[nH]c2=O)O[C@](F)(CO)[C@H]1F. The molecule has 0 bridgehead atoms. The number of alkyl halides is 4. The van der Waals surface area contributed by atoms with E-state index in [9.17, 15) is 42.3 Å². The Kier molecular flexibility index (Phi) is 9.31. The fraction of sp³-hybridized carbons (Fsp3) is 0.464. The number of hydrogen-bond donors (Lipinski definition) is 4. The van der Waals surface area contributed by atoms with Gasteiger partial charge in [-0.15, -0.1) is 0 Å². The minimum atomic E-state index is -3.12. The zero-order valence-electron chi connectivity index (χ0n) is 24.5. The molecule has 5 rings (SSSR count). The molecule has 2 saturated heterocycles. The Balaban J connectivity index is 0.000000222. The Hall–Kier alpha value is -4.39. The third-order valence-corrected chi connectivity index (χ3v) is 7.61. The highest BCUT2D eigenvalue weighted by Gasteiger charge is 2.67. The summed E-state index contributed by atoms with van der Waals surface area (Å²) in [4.78, 5) is 62.1. The number of halogens is 4. The van der Waals surface area contributed by atoms with Crippen LogP contribution >= 0.6 is 0 Å². The molecule has 1 aromatic carbocycles. The van der Waals surface area contributed by atoms with E-state index in [0.29, 0.717) is 4.57 Å². The highest BCUT2D eigenvalue weighted by Crippen LogP contribution is 2.50. The summed E-state index contributed by atoms with van der Waals surface area (Å²) in [5.74, 6) is -6.79. The van der Waals surface area contributed by atoms with Crippen molar-refractivity contribution >= 4 is 5.97 Å². The summed E-state index contributed by atoms with van der Waals surface area (Å²) in [5.41, 5.74) is -7.74. The maximum atomic E-state index is 15.1. The first-order valence-corrected chi connectivity index (χ1v) is 13.7. The van der Waals surface area contributed by atoms with Crippen molar-refractivity contribution < 1.29 is 46.8 Å². The third kappa shape index (κ3) is 6.07. The van der Waals surface area contributed by atoms with E-state index >= 15 is 4.39 Å². The zero-order valence-corrected chi connectivity index (χ0v) is 24.5. The van der Waals surface area contributed by atoms with Crippen molar-refractivity contribution in [1.82, 2.24) is 19.1 Å². The molecule has 4 heterocycles. The molecule has 3 aromatic rings. The van der Waals surface area contributed by atoms with Crippen LogP contribution in [0.2, 0.25) is 0 Å². The average Bonchev–Trinajstić information content (AvgIpc) is 3.32. The molecule has 8 atom stereocenters. The molecule has 0 radical (unpaired) electrons. The lowest BCUT2D eigenvalue weighted by molar-refractivity contribution is -0.197. The summed E-state index contributed by atoms with van der Waals surface area (Å²) in [6.07, 6.45) is -6.66. The molecule has 4 N–H and O–H groups in total. The lowest BCUT2D eigenvalue weighted by atomic mass is 9.94. The number of aromatic nitrogens is 4. The number of nitrogens with zero attached hydrogens (tertiary/aromatic N) is 2. The second-order valence-corrected chi connectivity index (χ2v) is 10.9. The van der Waals surface area contributed by atoms with Crippen LogP contribution in [0.5, 0.6) is 0 Å². The fourth-order valence-corrected chi connectivity index (χ4v) is 5.05. The molecule has 14 nitrogen and oxygen atoms in total. The van der Waals surface area contributed by atoms with Gasteiger partial charge in [-0.2, -0.15) is 0 Å². The molecule has 0 aliphatic carbocycles. The van der Waals surface area contributed by atoms with E-state index in [4.69, 9.17) is 14.6 Å². The third-order valence-electron chi connectivity index (χ3n) is 7.61. The standard InChI is InChI=1S/C18H18F2N2O5.C10H12F2N2O5/c1-3-18(20)14(19)17(2,26-13(24)11-7-5-4-6-8-11)15(27-18)22-10-9-12(23)21-16(22)25;1-9(18)6(11)10(12,4-15)19-7(9)14-3-2-5(16)13-8(14)17/h4-10,14-15H,3H2,1-2H3,(H,21,23,25);2-3,6-7,15,18H,4H2,1H3,(H,13,16,17)/t14-,15+,17+,18+;6-,7+,9+,10+/m00/s1. The van der Waals surface area contributed by atoms with Crippen molar-refractivity contribution in [3.63, 3.8) is 0 Å². The maximum Gasteiger partial charge on any atom is 0.338 e. The van der Waals surface area contributed by atoms with Crippen molar-refractivity contribution in [3.8, 4) is 0 Å². The number of esters is 1. The van der Waals surface area contributed by atoms with Crippen LogP contribution in [-0.4, -0.2) is 77.1 Å². The van der Waals surface area contributed by atoms with Crippen LogP contribution in [-0.2, 0) is 14.2 Å². The number of rotatable bonds is 6. The number of H-pyrrole nitrogens is 2. The number of hydrogen-bond acceptors (Lipinski definition) is 10. The van der Waals surface area contributed by atoms with Gasteiger partial charge in [0.1, 0.15) is 12.2 Å². The van der Waals surface area contributed by atoms with Gasteiger partial charge in [-0.25, -0.2) is 31.9 Å². The highest BCUT2D eigenvalue weighted by molar-refractivity contribution is 5.89. The van der Waals surface area contributed by atoms with Gasteiger partial charge in [0.25, 0.3) is 17.0 Å². The fourth-order valence-electron chi connectivity index (χ4n) is 5.05. The van der Waals surface area contributed by atoms with Crippen molar-refractivity contribution in [2.24, 2.45) is 0 Å². The molecule has 2 fully saturated rings. The van der Waals surface area contributed by atoms with E-state index in [0.717, 1.165) is 42.9 Å². The monoisotopic (exact) mass is 658 g/mol. The molecular weight excluding hydrogens is 628 g/mol. The van der Waals surface area contributed by atoms with Crippen LogP contribution in [0.3, 0.4) is 0 Å². The van der Waals surface area contributed by atoms with E-state index in [1.807, 2.05) is 9.97 Å². The van der Waals surface area contributed by atoms with Crippen LogP contribution in [0.1, 0.15) is 50.0 Å². The van der Waals surface area contributed by atoms with E-state index in [2.05, 4.69) is 4.74 Å². The van der Waals surface area contributed by atoms with Crippen LogP contribution in [0.15, 0.2) is 74.0 Å². The first-order chi connectivity index (χ1) is 21.4. The van der Waals surface area contributed by atoms with E-state index < -0.39 is 82.8 Å². The molecule has 0 amide bonds. The summed E-state index contributed by atoms with van der Waals surface area (Å²) < 4.78 is 74.3. The van der Waals surface area contributed by atoms with Crippen molar-refractivity contribution in [2.75, 3.05) is 6.61 Å². The molecule has 0 unspecified atom stereocenters. The van der Waals surface area contributed by atoms with Gasteiger partial charge >= 0.3 is 17.3 Å². The number of aliphatic hydroxyl groups excluding tert-OH is 1. The first-order valence-electron chi connectivity index (χ1n) is 13.7. The summed E-state index contributed by atoms with van der Waals surface area (Å²) >= 11 is 0. The highest BCUT2D eigenvalue weighted by atomic mass is 19.2. The molecular formula is C28H30F4N4O10. The Morgan fingerprint density at radius 3 is 1.83 bits per heavy atom. The minimum absolute atomic E-state index is 0.131. The van der Waals surface area contributed by atoms with Gasteiger partial charge in [-0.05, 0) is 26.0 Å². The van der Waals surface area contributed by atoms with Gasteiger partial charge < -0.3 is 24.4 Å². The smallest absolute Gasteiger partial charge is 0.338 e. The average molecular weight is 659 g/mol. The van der Waals surface area contributed by atoms with Gasteiger partial charge in [-0.3, -0.25) is 28.7 Å². The summed E-state index contributed by atoms with van der Waals surface area (Å²) in [6, 6.07) is 9.71. The zero-order chi connectivity index (χ0) is 34.2. The van der Waals surface area contributed by atoms with Crippen LogP contribution in [0.4, 0.5) is 17.6 Å². The van der Waals surface area contributed by atoms with Crippen LogP contribution in [0, 0.1) is 0 Å². The Morgan fingerprint density at radius 2 is 1.37 bits per heavy atom. The van der Waals surface area contributed by atoms with Gasteiger partial charge in [0.15, 0.2) is 24.2 Å². The largest absolute Gasteiger partial charge is 0.448 e. The Morgan fingerprint density at radius 1 is 0.870 bits per heavy atom. The number of carbonyl (C=O) groups is 1. The van der Waals surface area contributed by atoms with Gasteiger partial charge in [0.2, 0.25) is 12.0 Å². The number of benzene rings is 1. The van der Waals surface area contributed by atoms with E-state index in [1.165, 1.54) is 19.1 Å². The van der Waals surface area contributed by atoms with Gasteiger partial charge in [-0.1, -0.05) is 25.1 Å². The topological polar surface area (TPSA) is 195 Å². The summed E-state index contributed by atoms with van der Waals surface area (Å²) in [7, 11) is 0. The molecule has 0 saturated carbocycles. The molecule has 18 heteroatoms. The van der Waals surface area contributed by atoms with Crippen LogP contribution in [0.25, 0.3) is 0 Å². The predicted octanol–water partition coefficient (Wildman–Crippen LogP) is 0.908. The molecule has 2 aliphatic heterocycles.